The fourth-order valence-corrected chi connectivity index (χ4v) is 2.49. The third-order valence-corrected chi connectivity index (χ3v) is 3.77. The zero-order valence-corrected chi connectivity index (χ0v) is 11.5. The van der Waals surface area contributed by atoms with Gasteiger partial charge in [0.15, 0.2) is 0 Å². The van der Waals surface area contributed by atoms with E-state index in [0.29, 0.717) is 25.7 Å². The number of aliphatic hydroxyl groups excluding tert-OH is 1. The van der Waals surface area contributed by atoms with Crippen LogP contribution in [0.15, 0.2) is 18.2 Å². The van der Waals surface area contributed by atoms with Gasteiger partial charge in [0.25, 0.3) is 11.6 Å². The predicted molar refractivity (Wildman–Crippen MR) is 73.8 cm³/mol. The number of nitro groups is 1. The van der Waals surface area contributed by atoms with Crippen LogP contribution in [-0.4, -0.2) is 28.1 Å². The first-order chi connectivity index (χ1) is 9.47. The number of halogens is 1. The molecule has 2 N–H and O–H groups in total. The molecule has 6 nitrogen and oxygen atoms in total. The molecule has 0 aliphatic heterocycles. The van der Waals surface area contributed by atoms with Crippen molar-refractivity contribution in [3.63, 3.8) is 0 Å². The Hall–Kier alpha value is -1.66. The van der Waals surface area contributed by atoms with Crippen LogP contribution in [0.5, 0.6) is 0 Å². The predicted octanol–water partition coefficient (Wildman–Crippen LogP) is 2.28. The van der Waals surface area contributed by atoms with Gasteiger partial charge < -0.3 is 10.4 Å². The van der Waals surface area contributed by atoms with Gasteiger partial charge in [0.05, 0.1) is 21.6 Å². The minimum Gasteiger partial charge on any atom is -0.393 e. The summed E-state index contributed by atoms with van der Waals surface area (Å²) in [5.74, 6) is -0.417. The summed E-state index contributed by atoms with van der Waals surface area (Å²) in [6.07, 6.45) is 2.38. The maximum Gasteiger partial charge on any atom is 0.270 e. The lowest BCUT2D eigenvalue weighted by Crippen LogP contribution is -2.38. The molecular weight excluding hydrogens is 284 g/mol. The first kappa shape index (κ1) is 14.7. The second-order valence-electron chi connectivity index (χ2n) is 4.90. The number of nitro benzene ring substituents is 1. The molecule has 0 unspecified atom stereocenters. The summed E-state index contributed by atoms with van der Waals surface area (Å²) in [6.45, 7) is 0. The number of carbonyl (C=O) groups excluding carboxylic acids is 1. The monoisotopic (exact) mass is 298 g/mol. The van der Waals surface area contributed by atoms with E-state index in [4.69, 9.17) is 11.6 Å². The van der Waals surface area contributed by atoms with Gasteiger partial charge in [-0.1, -0.05) is 11.6 Å². The van der Waals surface area contributed by atoms with Gasteiger partial charge in [0.1, 0.15) is 0 Å². The molecule has 0 aromatic heterocycles. The van der Waals surface area contributed by atoms with E-state index in [1.54, 1.807) is 0 Å². The van der Waals surface area contributed by atoms with Crippen LogP contribution >= 0.6 is 11.6 Å². The van der Waals surface area contributed by atoms with E-state index in [1.807, 2.05) is 0 Å². The van der Waals surface area contributed by atoms with Crippen LogP contribution < -0.4 is 5.32 Å². The zero-order chi connectivity index (χ0) is 14.7. The molecule has 1 aliphatic rings. The molecular formula is C13H15ClN2O4. The minimum absolute atomic E-state index is 0.0266. The molecule has 0 spiro atoms. The molecule has 1 aliphatic carbocycles. The van der Waals surface area contributed by atoms with Crippen LogP contribution in [0, 0.1) is 10.1 Å². The van der Waals surface area contributed by atoms with Gasteiger partial charge in [-0.25, -0.2) is 0 Å². The first-order valence-corrected chi connectivity index (χ1v) is 6.78. The molecule has 1 aromatic carbocycles. The van der Waals surface area contributed by atoms with Gasteiger partial charge in [0, 0.05) is 18.2 Å². The van der Waals surface area contributed by atoms with Gasteiger partial charge >= 0.3 is 0 Å². The Kier molecular flexibility index (Phi) is 4.57. The quantitative estimate of drug-likeness (QED) is 0.661. The fourth-order valence-electron chi connectivity index (χ4n) is 2.28. The molecule has 0 saturated heterocycles. The number of hydrogen-bond acceptors (Lipinski definition) is 4. The van der Waals surface area contributed by atoms with Crippen molar-refractivity contribution in [3.8, 4) is 0 Å². The molecule has 0 radical (unpaired) electrons. The largest absolute Gasteiger partial charge is 0.393 e. The Morgan fingerprint density at radius 2 is 2.00 bits per heavy atom. The van der Waals surface area contributed by atoms with Gasteiger partial charge in [-0.15, -0.1) is 0 Å². The van der Waals surface area contributed by atoms with E-state index in [-0.39, 0.29) is 28.4 Å². The Bertz CT molecular complexity index is 527. The summed E-state index contributed by atoms with van der Waals surface area (Å²) < 4.78 is 0. The number of non-ortho nitro benzene ring substituents is 1. The highest BCUT2D eigenvalue weighted by molar-refractivity contribution is 6.33. The van der Waals surface area contributed by atoms with Crippen LogP contribution in [0.25, 0.3) is 0 Å². The van der Waals surface area contributed by atoms with Gasteiger partial charge in [-0.3, -0.25) is 14.9 Å². The lowest BCUT2D eigenvalue weighted by Gasteiger charge is -2.26. The summed E-state index contributed by atoms with van der Waals surface area (Å²) >= 11 is 5.91. The van der Waals surface area contributed by atoms with Crippen LogP contribution in [0.2, 0.25) is 5.02 Å². The smallest absolute Gasteiger partial charge is 0.270 e. The summed E-state index contributed by atoms with van der Waals surface area (Å²) in [4.78, 5) is 22.3. The molecule has 1 fully saturated rings. The van der Waals surface area contributed by atoms with E-state index in [2.05, 4.69) is 5.32 Å². The third kappa shape index (κ3) is 3.46. The number of benzene rings is 1. The topological polar surface area (TPSA) is 92.5 Å². The highest BCUT2D eigenvalue weighted by Gasteiger charge is 2.23. The van der Waals surface area contributed by atoms with E-state index < -0.39 is 10.8 Å². The van der Waals surface area contributed by atoms with Crippen LogP contribution in [0.3, 0.4) is 0 Å². The van der Waals surface area contributed by atoms with Crippen LogP contribution in [-0.2, 0) is 0 Å². The second-order valence-corrected chi connectivity index (χ2v) is 5.31. The molecule has 7 heteroatoms. The van der Waals surface area contributed by atoms with E-state index in [9.17, 15) is 20.0 Å². The van der Waals surface area contributed by atoms with Crippen LogP contribution in [0.1, 0.15) is 36.0 Å². The highest BCUT2D eigenvalue weighted by Crippen LogP contribution is 2.23. The van der Waals surface area contributed by atoms with Crippen molar-refractivity contribution < 1.29 is 14.8 Å². The Morgan fingerprint density at radius 3 is 2.60 bits per heavy atom. The normalized spacial score (nSPS) is 22.3. The summed E-state index contributed by atoms with van der Waals surface area (Å²) in [5, 5.41) is 23.1. The maximum absolute atomic E-state index is 12.1. The van der Waals surface area contributed by atoms with E-state index in [0.717, 1.165) is 0 Å². The summed E-state index contributed by atoms with van der Waals surface area (Å²) in [5.41, 5.74) is -0.0643. The van der Waals surface area contributed by atoms with Crippen molar-refractivity contribution in [2.45, 2.75) is 37.8 Å². The lowest BCUT2D eigenvalue weighted by atomic mass is 9.93. The van der Waals surface area contributed by atoms with Gasteiger partial charge in [0.2, 0.25) is 0 Å². The number of amides is 1. The second kappa shape index (κ2) is 6.19. The molecule has 2 rings (SSSR count). The number of rotatable bonds is 3. The van der Waals surface area contributed by atoms with Crippen molar-refractivity contribution >= 4 is 23.2 Å². The summed E-state index contributed by atoms with van der Waals surface area (Å²) in [7, 11) is 0. The SMILES string of the molecule is O=C(NC1CCC(O)CC1)c1cc([N+](=O)[O-])ccc1Cl. The number of aliphatic hydroxyl groups is 1. The van der Waals surface area contributed by atoms with Gasteiger partial charge in [-0.2, -0.15) is 0 Å². The van der Waals surface area contributed by atoms with Gasteiger partial charge in [-0.05, 0) is 31.7 Å². The molecule has 108 valence electrons. The molecule has 0 bridgehead atoms. The Balaban J connectivity index is 2.08. The maximum atomic E-state index is 12.1. The Labute approximate surface area is 120 Å². The van der Waals surface area contributed by atoms with Crippen molar-refractivity contribution in [1.29, 1.82) is 0 Å². The number of carbonyl (C=O) groups is 1. The lowest BCUT2D eigenvalue weighted by molar-refractivity contribution is -0.384. The number of nitrogens with one attached hydrogen (secondary N) is 1. The van der Waals surface area contributed by atoms with E-state index >= 15 is 0 Å². The standard InChI is InChI=1S/C13H15ClN2O4/c14-12-6-3-9(16(19)20)7-11(12)13(18)15-8-1-4-10(17)5-2-8/h3,6-8,10,17H,1-2,4-5H2,(H,15,18). The third-order valence-electron chi connectivity index (χ3n) is 3.44. The highest BCUT2D eigenvalue weighted by atomic mass is 35.5. The molecule has 0 atom stereocenters. The molecule has 20 heavy (non-hydrogen) atoms. The molecule has 1 amide bonds. The average Bonchev–Trinajstić information content (AvgIpc) is 2.41. The Morgan fingerprint density at radius 1 is 1.35 bits per heavy atom. The number of hydrogen-bond donors (Lipinski definition) is 2. The fraction of sp³-hybridized carbons (Fsp3) is 0.462. The first-order valence-electron chi connectivity index (χ1n) is 6.40. The van der Waals surface area contributed by atoms with Crippen molar-refractivity contribution in [2.75, 3.05) is 0 Å². The van der Waals surface area contributed by atoms with Crippen molar-refractivity contribution in [1.82, 2.24) is 5.32 Å². The minimum atomic E-state index is -0.565. The van der Waals surface area contributed by atoms with Crippen molar-refractivity contribution in [2.24, 2.45) is 0 Å². The van der Waals surface area contributed by atoms with E-state index in [1.165, 1.54) is 18.2 Å². The summed E-state index contributed by atoms with van der Waals surface area (Å²) in [6, 6.07) is 3.76. The zero-order valence-electron chi connectivity index (χ0n) is 10.7. The van der Waals surface area contributed by atoms with Crippen molar-refractivity contribution in [3.05, 3.63) is 38.9 Å². The van der Waals surface area contributed by atoms with Crippen LogP contribution in [0.4, 0.5) is 5.69 Å². The molecule has 0 heterocycles. The average molecular weight is 299 g/mol. The molecule has 1 aromatic rings. The molecule has 1 saturated carbocycles. The number of nitrogens with zero attached hydrogens (tertiary/aromatic N) is 1.